The Morgan fingerprint density at radius 1 is 0.562 bits per heavy atom. The van der Waals surface area contributed by atoms with Crippen LogP contribution in [0.1, 0.15) is 5.56 Å². The highest BCUT2D eigenvalue weighted by molar-refractivity contribution is 7.26. The second-order valence-corrected chi connectivity index (χ2v) is 13.9. The molecule has 4 heterocycles. The van der Waals surface area contributed by atoms with E-state index in [2.05, 4.69) is 151 Å². The highest BCUT2D eigenvalue weighted by Crippen LogP contribution is 2.46. The van der Waals surface area contributed by atoms with E-state index in [0.29, 0.717) is 0 Å². The summed E-state index contributed by atoms with van der Waals surface area (Å²) < 4.78 is 18.4. The van der Waals surface area contributed by atoms with Crippen molar-refractivity contribution in [2.75, 3.05) is 0 Å². The molecule has 7 aromatic carbocycles. The number of aromatic nitrogens is 1. The minimum absolute atomic E-state index is 0.0626. The van der Waals surface area contributed by atoms with Gasteiger partial charge in [0.1, 0.15) is 23.0 Å². The molecule has 0 saturated carbocycles. The second-order valence-electron chi connectivity index (χ2n) is 12.9. The van der Waals surface area contributed by atoms with Crippen molar-refractivity contribution in [3.05, 3.63) is 145 Å². The van der Waals surface area contributed by atoms with E-state index < -0.39 is 0 Å². The quantitative estimate of drug-likeness (QED) is 0.177. The molecule has 2 aliphatic rings. The fourth-order valence-corrected chi connectivity index (χ4v) is 9.41. The van der Waals surface area contributed by atoms with Crippen LogP contribution in [-0.2, 0) is 0 Å². The number of benzene rings is 7. The Bertz CT molecular complexity index is 2740. The zero-order valence-corrected chi connectivity index (χ0v) is 26.8. The zero-order chi connectivity index (χ0) is 31.5. The van der Waals surface area contributed by atoms with E-state index in [0.717, 1.165) is 39.7 Å². The lowest BCUT2D eigenvalue weighted by atomic mass is 9.35. The van der Waals surface area contributed by atoms with Crippen LogP contribution < -0.4 is 25.9 Å². The molecule has 2 aromatic heterocycles. The second kappa shape index (κ2) is 9.63. The lowest BCUT2D eigenvalue weighted by molar-refractivity contribution is 0.465. The summed E-state index contributed by atoms with van der Waals surface area (Å²) in [5.41, 5.74) is 10.5. The molecule has 0 aliphatic carbocycles. The van der Waals surface area contributed by atoms with Crippen LogP contribution in [0.3, 0.4) is 0 Å². The van der Waals surface area contributed by atoms with Crippen molar-refractivity contribution in [1.29, 1.82) is 0 Å². The number of rotatable bonds is 2. The van der Waals surface area contributed by atoms with Gasteiger partial charge >= 0.3 is 0 Å². The summed E-state index contributed by atoms with van der Waals surface area (Å²) >= 11 is 1.89. The van der Waals surface area contributed by atoms with Gasteiger partial charge in [0.05, 0.1) is 11.0 Å². The van der Waals surface area contributed by atoms with E-state index in [1.54, 1.807) is 0 Å². The molecule has 48 heavy (non-hydrogen) atoms. The summed E-state index contributed by atoms with van der Waals surface area (Å²) in [7, 11) is 0. The average molecular weight is 632 g/mol. The minimum atomic E-state index is 0.0626. The van der Waals surface area contributed by atoms with Gasteiger partial charge in [-0.2, -0.15) is 0 Å². The van der Waals surface area contributed by atoms with Crippen molar-refractivity contribution in [3.8, 4) is 39.8 Å². The lowest BCUT2D eigenvalue weighted by Crippen LogP contribution is -2.57. The molecule has 5 heteroatoms. The number of fused-ring (bicyclic) bond motifs is 11. The average Bonchev–Trinajstić information content (AvgIpc) is 3.66. The van der Waals surface area contributed by atoms with Gasteiger partial charge in [-0.1, -0.05) is 78.9 Å². The van der Waals surface area contributed by atoms with E-state index in [9.17, 15) is 0 Å². The van der Waals surface area contributed by atoms with Gasteiger partial charge in [0.2, 0.25) is 0 Å². The van der Waals surface area contributed by atoms with Crippen molar-refractivity contribution < 1.29 is 9.47 Å². The van der Waals surface area contributed by atoms with Crippen LogP contribution in [0.25, 0.3) is 58.8 Å². The Kier molecular flexibility index (Phi) is 5.28. The van der Waals surface area contributed by atoms with Gasteiger partial charge < -0.3 is 14.0 Å². The van der Waals surface area contributed by atoms with E-state index in [1.165, 1.54) is 64.0 Å². The summed E-state index contributed by atoms with van der Waals surface area (Å²) in [6, 6.07) is 50.1. The van der Waals surface area contributed by atoms with Crippen LogP contribution in [-0.4, -0.2) is 11.3 Å². The predicted octanol–water partition coefficient (Wildman–Crippen LogP) is 9.85. The number of para-hydroxylation sites is 3. The van der Waals surface area contributed by atoms with Crippen LogP contribution in [0.4, 0.5) is 0 Å². The van der Waals surface area contributed by atoms with Gasteiger partial charge in [0, 0.05) is 42.1 Å². The zero-order valence-electron chi connectivity index (χ0n) is 26.0. The molecular weight excluding hydrogens is 605 g/mol. The maximum atomic E-state index is 6.67. The number of ether oxygens (including phenoxy) is 2. The summed E-state index contributed by atoms with van der Waals surface area (Å²) in [4.78, 5) is 0. The Morgan fingerprint density at radius 3 is 1.98 bits per heavy atom. The largest absolute Gasteiger partial charge is 0.458 e. The van der Waals surface area contributed by atoms with Gasteiger partial charge in [-0.05, 0) is 95.2 Å². The molecule has 0 bridgehead atoms. The first-order valence-corrected chi connectivity index (χ1v) is 17.2. The smallest absolute Gasteiger partial charge is 0.260 e. The monoisotopic (exact) mass is 631 g/mol. The molecule has 0 saturated heterocycles. The van der Waals surface area contributed by atoms with Crippen LogP contribution in [0.2, 0.25) is 0 Å². The van der Waals surface area contributed by atoms with Crippen LogP contribution in [0.15, 0.2) is 140 Å². The molecule has 0 N–H and O–H groups in total. The molecule has 11 rings (SSSR count). The summed E-state index contributed by atoms with van der Waals surface area (Å²) in [5, 5.41) is 5.16. The first kappa shape index (κ1) is 26.3. The fraction of sp³-hybridized carbons (Fsp3) is 0.0233. The molecule has 0 amide bonds. The van der Waals surface area contributed by atoms with Gasteiger partial charge in [-0.25, -0.2) is 0 Å². The Balaban J connectivity index is 1.20. The number of hydrogen-bond acceptors (Lipinski definition) is 3. The molecular formula is C43H26BNO2S. The SMILES string of the molecule is Cc1cc2c(cc1-c1cc3c4c(c1)Oc1ccccc1B4c1ccccc1O3)c1c3sc4ccccc4c3ccc1n2-c1ccccc1. The molecule has 0 radical (unpaired) electrons. The highest BCUT2D eigenvalue weighted by atomic mass is 32.1. The normalized spacial score (nSPS) is 13.0. The third-order valence-corrected chi connectivity index (χ3v) is 11.4. The fourth-order valence-electron chi connectivity index (χ4n) is 8.15. The number of nitrogens with zero attached hydrogens (tertiary/aromatic N) is 1. The van der Waals surface area contributed by atoms with Crippen molar-refractivity contribution in [1.82, 2.24) is 4.57 Å². The molecule has 3 nitrogen and oxygen atoms in total. The van der Waals surface area contributed by atoms with Gasteiger partial charge in [0.15, 0.2) is 0 Å². The standard InChI is InChI=1S/C43H26BNO2S/c1-25-21-35-31(41-34(45(35)27-11-3-2-4-12-27)20-19-29-28-13-5-10-18-40(28)48-43(29)41)24-30(25)26-22-38-42-39(23-26)47-37-17-9-7-15-33(37)44(42)32-14-6-8-16-36(32)46-38/h2-24H,1H3. The van der Waals surface area contributed by atoms with Gasteiger partial charge in [0.25, 0.3) is 6.71 Å². The highest BCUT2D eigenvalue weighted by Gasteiger charge is 2.40. The first-order valence-electron chi connectivity index (χ1n) is 16.4. The van der Waals surface area contributed by atoms with E-state index >= 15 is 0 Å². The number of hydrogen-bond donors (Lipinski definition) is 0. The first-order chi connectivity index (χ1) is 23.7. The number of thiophene rings is 1. The van der Waals surface area contributed by atoms with E-state index in [4.69, 9.17) is 9.47 Å². The van der Waals surface area contributed by atoms with Crippen LogP contribution >= 0.6 is 11.3 Å². The summed E-state index contributed by atoms with van der Waals surface area (Å²) in [6.07, 6.45) is 0. The van der Waals surface area contributed by atoms with Crippen LogP contribution in [0.5, 0.6) is 23.0 Å². The Hall–Kier alpha value is -5.78. The van der Waals surface area contributed by atoms with Crippen molar-refractivity contribution in [2.45, 2.75) is 6.92 Å². The molecule has 224 valence electrons. The Labute approximate surface area is 281 Å². The topological polar surface area (TPSA) is 23.4 Å². The lowest BCUT2D eigenvalue weighted by Gasteiger charge is -2.33. The maximum absolute atomic E-state index is 6.67. The molecule has 9 aromatic rings. The summed E-state index contributed by atoms with van der Waals surface area (Å²) in [5.74, 6) is 3.53. The molecule has 0 unspecified atom stereocenters. The summed E-state index contributed by atoms with van der Waals surface area (Å²) in [6.45, 7) is 2.28. The van der Waals surface area contributed by atoms with E-state index in [-0.39, 0.29) is 6.71 Å². The predicted molar refractivity (Wildman–Crippen MR) is 202 cm³/mol. The van der Waals surface area contributed by atoms with Gasteiger partial charge in [-0.3, -0.25) is 0 Å². The third kappa shape index (κ3) is 3.54. The molecule has 0 spiro atoms. The van der Waals surface area contributed by atoms with Crippen LogP contribution in [0, 0.1) is 6.92 Å². The Morgan fingerprint density at radius 2 is 1.23 bits per heavy atom. The van der Waals surface area contributed by atoms with Crippen molar-refractivity contribution in [3.63, 3.8) is 0 Å². The molecule has 0 atom stereocenters. The third-order valence-electron chi connectivity index (χ3n) is 10.2. The maximum Gasteiger partial charge on any atom is 0.260 e. The van der Waals surface area contributed by atoms with Gasteiger partial charge in [-0.15, -0.1) is 11.3 Å². The van der Waals surface area contributed by atoms with Crippen molar-refractivity contribution >= 4 is 76.4 Å². The van der Waals surface area contributed by atoms with Crippen molar-refractivity contribution in [2.24, 2.45) is 0 Å². The number of aryl methyl sites for hydroxylation is 1. The molecule has 2 aliphatic heterocycles. The minimum Gasteiger partial charge on any atom is -0.458 e. The van der Waals surface area contributed by atoms with E-state index in [1.807, 2.05) is 11.3 Å². The molecule has 0 fully saturated rings.